The van der Waals surface area contributed by atoms with Crippen molar-refractivity contribution in [2.75, 3.05) is 0 Å². The zero-order chi connectivity index (χ0) is 18.7. The number of carboxylic acids is 1. The van der Waals surface area contributed by atoms with E-state index < -0.39 is 17.8 Å². The predicted octanol–water partition coefficient (Wildman–Crippen LogP) is 4.37. The Labute approximate surface area is 149 Å². The standard InChI is InChI=1S/C19H19F3N2O2/c20-19(21,22)16-11-15(23-18(24-16)14-3-1-2-4-14)9-12-5-7-13(8-6-12)10-17(25)26/h5-8,11,14H,1-4,9-10H2,(H,25,26). The van der Waals surface area contributed by atoms with Crippen LogP contribution in [0.15, 0.2) is 30.3 Å². The summed E-state index contributed by atoms with van der Waals surface area (Å²) in [6.45, 7) is 0. The SMILES string of the molecule is O=C(O)Cc1ccc(Cc2cc(C(F)(F)F)nc(C3CCCC3)n2)cc1. The molecule has 4 nitrogen and oxygen atoms in total. The molecule has 1 fully saturated rings. The summed E-state index contributed by atoms with van der Waals surface area (Å²) in [4.78, 5) is 18.9. The van der Waals surface area contributed by atoms with Crippen molar-refractivity contribution in [2.45, 2.75) is 50.6 Å². The average Bonchev–Trinajstić information content (AvgIpc) is 3.10. The second-order valence-electron chi connectivity index (χ2n) is 6.65. The van der Waals surface area contributed by atoms with Crippen molar-refractivity contribution < 1.29 is 23.1 Å². The number of hydrogen-bond acceptors (Lipinski definition) is 3. The minimum absolute atomic E-state index is 0.00556. The van der Waals surface area contributed by atoms with Crippen molar-refractivity contribution in [3.63, 3.8) is 0 Å². The zero-order valence-electron chi connectivity index (χ0n) is 14.1. The van der Waals surface area contributed by atoms with Gasteiger partial charge in [0.05, 0.1) is 6.42 Å². The minimum Gasteiger partial charge on any atom is -0.481 e. The van der Waals surface area contributed by atoms with E-state index in [0.29, 0.717) is 11.3 Å². The molecule has 7 heteroatoms. The largest absolute Gasteiger partial charge is 0.481 e. The first-order chi connectivity index (χ1) is 12.3. The molecule has 138 valence electrons. The number of carbonyl (C=O) groups is 1. The van der Waals surface area contributed by atoms with Crippen molar-refractivity contribution >= 4 is 5.97 Å². The molecule has 1 saturated carbocycles. The van der Waals surface area contributed by atoms with Crippen LogP contribution in [0.2, 0.25) is 0 Å². The van der Waals surface area contributed by atoms with E-state index in [9.17, 15) is 18.0 Å². The fourth-order valence-corrected chi connectivity index (χ4v) is 3.28. The van der Waals surface area contributed by atoms with Crippen LogP contribution in [0, 0.1) is 0 Å². The lowest BCUT2D eigenvalue weighted by atomic mass is 10.0. The van der Waals surface area contributed by atoms with Gasteiger partial charge in [-0.2, -0.15) is 13.2 Å². The fraction of sp³-hybridized carbons (Fsp3) is 0.421. The lowest BCUT2D eigenvalue weighted by molar-refractivity contribution is -0.141. The van der Waals surface area contributed by atoms with Crippen molar-refractivity contribution in [1.29, 1.82) is 0 Å². The number of aliphatic carboxylic acids is 1. The molecule has 1 aliphatic rings. The lowest BCUT2D eigenvalue weighted by Gasteiger charge is -2.14. The summed E-state index contributed by atoms with van der Waals surface area (Å²) in [6.07, 6.45) is -0.711. The smallest absolute Gasteiger partial charge is 0.433 e. The minimum atomic E-state index is -4.50. The third-order valence-corrected chi connectivity index (χ3v) is 4.57. The summed E-state index contributed by atoms with van der Waals surface area (Å²) in [5.74, 6) is -0.645. The maximum atomic E-state index is 13.2. The quantitative estimate of drug-likeness (QED) is 0.856. The Morgan fingerprint density at radius 1 is 1.08 bits per heavy atom. The van der Waals surface area contributed by atoms with Crippen molar-refractivity contribution in [3.8, 4) is 0 Å². The second kappa shape index (κ2) is 7.43. The normalized spacial score (nSPS) is 15.3. The van der Waals surface area contributed by atoms with Crippen molar-refractivity contribution in [1.82, 2.24) is 9.97 Å². The third-order valence-electron chi connectivity index (χ3n) is 4.57. The highest BCUT2D eigenvalue weighted by Gasteiger charge is 2.34. The molecule has 0 saturated heterocycles. The number of alkyl halides is 3. The summed E-state index contributed by atoms with van der Waals surface area (Å²) in [7, 11) is 0. The van der Waals surface area contributed by atoms with Gasteiger partial charge in [-0.3, -0.25) is 4.79 Å². The van der Waals surface area contributed by atoms with E-state index in [2.05, 4.69) is 9.97 Å². The summed E-state index contributed by atoms with van der Waals surface area (Å²) in [5, 5.41) is 8.79. The first-order valence-corrected chi connectivity index (χ1v) is 8.56. The van der Waals surface area contributed by atoms with Gasteiger partial charge in [-0.25, -0.2) is 9.97 Å². The summed E-state index contributed by atoms with van der Waals surface area (Å²) < 4.78 is 39.6. The molecule has 0 atom stereocenters. The number of carboxylic acid groups (broad SMARTS) is 1. The van der Waals surface area contributed by atoms with E-state index in [0.717, 1.165) is 37.3 Å². The Kier molecular flexibility index (Phi) is 5.25. The van der Waals surface area contributed by atoms with Crippen molar-refractivity contribution in [3.05, 3.63) is 58.7 Å². The molecular formula is C19H19F3N2O2. The van der Waals surface area contributed by atoms with Crippen molar-refractivity contribution in [2.24, 2.45) is 0 Å². The highest BCUT2D eigenvalue weighted by atomic mass is 19.4. The highest BCUT2D eigenvalue weighted by molar-refractivity contribution is 5.70. The van der Waals surface area contributed by atoms with Gasteiger partial charge in [-0.15, -0.1) is 0 Å². The van der Waals surface area contributed by atoms with Gasteiger partial charge >= 0.3 is 12.1 Å². The molecule has 0 bridgehead atoms. The van der Waals surface area contributed by atoms with Gasteiger partial charge in [0.2, 0.25) is 0 Å². The maximum absolute atomic E-state index is 13.2. The Bertz CT molecular complexity index is 782. The van der Waals surface area contributed by atoms with Gasteiger partial charge in [0.1, 0.15) is 11.5 Å². The van der Waals surface area contributed by atoms with Crippen LogP contribution in [0.4, 0.5) is 13.2 Å². The summed E-state index contributed by atoms with van der Waals surface area (Å²) in [6, 6.07) is 7.80. The molecule has 26 heavy (non-hydrogen) atoms. The van der Waals surface area contributed by atoms with Crippen LogP contribution in [0.5, 0.6) is 0 Å². The maximum Gasteiger partial charge on any atom is 0.433 e. The monoisotopic (exact) mass is 364 g/mol. The van der Waals surface area contributed by atoms with E-state index in [1.54, 1.807) is 24.3 Å². The Balaban J connectivity index is 1.86. The van der Waals surface area contributed by atoms with Crippen LogP contribution in [-0.2, 0) is 23.8 Å². The van der Waals surface area contributed by atoms with E-state index in [-0.39, 0.29) is 24.6 Å². The fourth-order valence-electron chi connectivity index (χ4n) is 3.28. The molecule has 0 aliphatic heterocycles. The number of benzene rings is 1. The van der Waals surface area contributed by atoms with Crippen LogP contribution in [0.25, 0.3) is 0 Å². The Hall–Kier alpha value is -2.44. The molecule has 1 aliphatic carbocycles. The molecule has 1 aromatic carbocycles. The molecule has 2 aromatic rings. The first-order valence-electron chi connectivity index (χ1n) is 8.56. The van der Waals surface area contributed by atoms with Gasteiger partial charge in [-0.05, 0) is 30.0 Å². The molecule has 0 amide bonds. The topological polar surface area (TPSA) is 63.1 Å². The van der Waals surface area contributed by atoms with Gasteiger partial charge in [0, 0.05) is 18.0 Å². The molecular weight excluding hydrogens is 345 g/mol. The number of hydrogen-bond donors (Lipinski definition) is 1. The zero-order valence-corrected chi connectivity index (χ0v) is 14.1. The van der Waals surface area contributed by atoms with Crippen LogP contribution < -0.4 is 0 Å². The average molecular weight is 364 g/mol. The Morgan fingerprint density at radius 3 is 2.27 bits per heavy atom. The van der Waals surface area contributed by atoms with Crippen LogP contribution >= 0.6 is 0 Å². The number of rotatable bonds is 5. The van der Waals surface area contributed by atoms with E-state index in [1.165, 1.54) is 0 Å². The molecule has 0 radical (unpaired) electrons. The lowest BCUT2D eigenvalue weighted by Crippen LogP contribution is -2.14. The molecule has 3 rings (SSSR count). The first kappa shape index (κ1) is 18.4. The number of aromatic nitrogens is 2. The summed E-state index contributed by atoms with van der Waals surface area (Å²) in [5.41, 5.74) is 0.863. The van der Waals surface area contributed by atoms with Crippen LogP contribution in [0.1, 0.15) is 59.9 Å². The predicted molar refractivity (Wildman–Crippen MR) is 88.8 cm³/mol. The molecule has 1 aromatic heterocycles. The molecule has 1 N–H and O–H groups in total. The molecule has 0 unspecified atom stereocenters. The van der Waals surface area contributed by atoms with Gasteiger partial charge in [0.15, 0.2) is 0 Å². The van der Waals surface area contributed by atoms with Crippen LogP contribution in [-0.4, -0.2) is 21.0 Å². The summed E-state index contributed by atoms with van der Waals surface area (Å²) >= 11 is 0. The Morgan fingerprint density at radius 2 is 1.69 bits per heavy atom. The molecule has 1 heterocycles. The van der Waals surface area contributed by atoms with E-state index in [1.807, 2.05) is 0 Å². The van der Waals surface area contributed by atoms with Gasteiger partial charge in [0.25, 0.3) is 0 Å². The number of halogens is 3. The van der Waals surface area contributed by atoms with Crippen LogP contribution in [0.3, 0.4) is 0 Å². The van der Waals surface area contributed by atoms with Gasteiger partial charge in [-0.1, -0.05) is 37.1 Å². The second-order valence-corrected chi connectivity index (χ2v) is 6.65. The highest BCUT2D eigenvalue weighted by Crippen LogP contribution is 2.35. The van der Waals surface area contributed by atoms with E-state index in [4.69, 9.17) is 5.11 Å². The molecule has 0 spiro atoms. The third kappa shape index (κ3) is 4.59. The van der Waals surface area contributed by atoms with E-state index >= 15 is 0 Å². The van der Waals surface area contributed by atoms with Gasteiger partial charge < -0.3 is 5.11 Å². The number of nitrogens with zero attached hydrogens (tertiary/aromatic N) is 2.